The van der Waals surface area contributed by atoms with Crippen LogP contribution in [0.1, 0.15) is 18.4 Å². The zero-order valence-corrected chi connectivity index (χ0v) is 15.4. The number of aryl methyl sites for hydroxylation is 1. The van der Waals surface area contributed by atoms with Gasteiger partial charge < -0.3 is 9.84 Å². The highest BCUT2D eigenvalue weighted by Crippen LogP contribution is 2.24. The van der Waals surface area contributed by atoms with Gasteiger partial charge in [0.05, 0.1) is 5.69 Å². The third-order valence-electron chi connectivity index (χ3n) is 3.64. The largest absolute Gasteiger partial charge is 0.361 e. The summed E-state index contributed by atoms with van der Waals surface area (Å²) in [6, 6.07) is 1.87. The fraction of sp³-hybridized carbons (Fsp3) is 0.538. The van der Waals surface area contributed by atoms with Crippen LogP contribution in [0.5, 0.6) is 0 Å². The molecule has 10 nitrogen and oxygen atoms in total. The lowest BCUT2D eigenvalue weighted by Crippen LogP contribution is -2.48. The highest BCUT2D eigenvalue weighted by molar-refractivity contribution is 7.91. The zero-order valence-electron chi connectivity index (χ0n) is 13.8. The van der Waals surface area contributed by atoms with Gasteiger partial charge in [0.25, 0.3) is 10.0 Å². The van der Waals surface area contributed by atoms with Gasteiger partial charge in [0.15, 0.2) is 0 Å². The van der Waals surface area contributed by atoms with Gasteiger partial charge in [-0.15, -0.1) is 10.2 Å². The highest BCUT2D eigenvalue weighted by atomic mass is 32.2. The van der Waals surface area contributed by atoms with Crippen LogP contribution in [0.3, 0.4) is 0 Å². The summed E-state index contributed by atoms with van der Waals surface area (Å²) in [6.45, 7) is 5.66. The van der Waals surface area contributed by atoms with Gasteiger partial charge >= 0.3 is 0 Å². The Hall–Kier alpha value is -1.89. The lowest BCUT2D eigenvalue weighted by atomic mass is 10.3. The minimum Gasteiger partial charge on any atom is -0.361 e. The molecular weight excluding hydrogens is 368 g/mol. The standard InChI is InChI=1S/C13H18N6O4S2/c1-9-7-11(17-23-9)8-18-3-5-19(6-4-18)25(21,22)13-16-15-12(24-13)14-10(2)20/h7H,3-6,8H2,1-2H3,(H,14,15,20). The van der Waals surface area contributed by atoms with E-state index in [1.54, 1.807) is 0 Å². The summed E-state index contributed by atoms with van der Waals surface area (Å²) in [6.07, 6.45) is 0. The summed E-state index contributed by atoms with van der Waals surface area (Å²) in [5.74, 6) is 0.430. The molecule has 0 unspecified atom stereocenters. The Morgan fingerprint density at radius 2 is 2.04 bits per heavy atom. The summed E-state index contributed by atoms with van der Waals surface area (Å²) in [5, 5.41) is 13.9. The van der Waals surface area contributed by atoms with Crippen LogP contribution in [0.25, 0.3) is 0 Å². The lowest BCUT2D eigenvalue weighted by Gasteiger charge is -2.32. The van der Waals surface area contributed by atoms with Gasteiger partial charge in [-0.2, -0.15) is 4.31 Å². The number of hydrogen-bond donors (Lipinski definition) is 1. The van der Waals surface area contributed by atoms with Crippen molar-refractivity contribution in [3.63, 3.8) is 0 Å². The van der Waals surface area contributed by atoms with Crippen molar-refractivity contribution in [1.82, 2.24) is 24.6 Å². The van der Waals surface area contributed by atoms with Crippen molar-refractivity contribution < 1.29 is 17.7 Å². The Kier molecular flexibility index (Phi) is 5.13. The lowest BCUT2D eigenvalue weighted by molar-refractivity contribution is -0.114. The highest BCUT2D eigenvalue weighted by Gasteiger charge is 2.31. The van der Waals surface area contributed by atoms with E-state index >= 15 is 0 Å². The second-order valence-corrected chi connectivity index (χ2v) is 8.75. The number of hydrogen-bond acceptors (Lipinski definition) is 9. The summed E-state index contributed by atoms with van der Waals surface area (Å²) in [7, 11) is -3.70. The molecule has 0 atom stereocenters. The van der Waals surface area contributed by atoms with Gasteiger partial charge in [0.1, 0.15) is 5.76 Å². The molecule has 136 valence electrons. The van der Waals surface area contributed by atoms with Gasteiger partial charge in [0.2, 0.25) is 15.4 Å². The number of carbonyl (C=O) groups excluding carboxylic acids is 1. The topological polar surface area (TPSA) is 122 Å². The van der Waals surface area contributed by atoms with Crippen LogP contribution in [0, 0.1) is 6.92 Å². The Balaban J connectivity index is 1.61. The second-order valence-electron chi connectivity index (χ2n) is 5.66. The molecule has 0 radical (unpaired) electrons. The van der Waals surface area contributed by atoms with Crippen molar-refractivity contribution in [1.29, 1.82) is 0 Å². The van der Waals surface area contributed by atoms with E-state index in [4.69, 9.17) is 4.52 Å². The number of amides is 1. The van der Waals surface area contributed by atoms with Crippen molar-refractivity contribution in [2.75, 3.05) is 31.5 Å². The van der Waals surface area contributed by atoms with Crippen LogP contribution in [-0.2, 0) is 21.4 Å². The molecule has 0 aliphatic carbocycles. The van der Waals surface area contributed by atoms with Crippen LogP contribution >= 0.6 is 11.3 Å². The summed E-state index contributed by atoms with van der Waals surface area (Å²) in [5.41, 5.74) is 0.831. The van der Waals surface area contributed by atoms with E-state index in [1.807, 2.05) is 13.0 Å². The van der Waals surface area contributed by atoms with Crippen molar-refractivity contribution in [3.05, 3.63) is 17.5 Å². The first-order valence-electron chi connectivity index (χ1n) is 7.60. The average molecular weight is 386 g/mol. The number of nitrogens with one attached hydrogen (secondary N) is 1. The molecule has 0 saturated carbocycles. The van der Waals surface area contributed by atoms with Crippen LogP contribution in [0.4, 0.5) is 5.13 Å². The molecule has 1 aliphatic heterocycles. The van der Waals surface area contributed by atoms with E-state index in [2.05, 4.69) is 25.6 Å². The maximum atomic E-state index is 12.6. The first kappa shape index (κ1) is 17.9. The van der Waals surface area contributed by atoms with E-state index in [0.29, 0.717) is 32.7 Å². The molecule has 25 heavy (non-hydrogen) atoms. The number of rotatable bonds is 5. The molecule has 1 N–H and O–H groups in total. The van der Waals surface area contributed by atoms with Crippen LogP contribution in [0.15, 0.2) is 14.9 Å². The molecule has 3 rings (SSSR count). The fourth-order valence-corrected chi connectivity index (χ4v) is 4.98. The Bertz CT molecular complexity index is 854. The minimum absolute atomic E-state index is 0.114. The van der Waals surface area contributed by atoms with Crippen molar-refractivity contribution >= 4 is 32.4 Å². The van der Waals surface area contributed by atoms with Crippen LogP contribution in [-0.4, -0.2) is 65.1 Å². The molecule has 0 aromatic carbocycles. The van der Waals surface area contributed by atoms with E-state index in [-0.39, 0.29) is 15.4 Å². The zero-order chi connectivity index (χ0) is 18.0. The maximum absolute atomic E-state index is 12.6. The monoisotopic (exact) mass is 386 g/mol. The normalized spacial score (nSPS) is 16.9. The smallest absolute Gasteiger partial charge is 0.272 e. The predicted octanol–water partition coefficient (Wildman–Crippen LogP) is 0.299. The number of anilines is 1. The Morgan fingerprint density at radius 1 is 1.32 bits per heavy atom. The Morgan fingerprint density at radius 3 is 2.64 bits per heavy atom. The SMILES string of the molecule is CC(=O)Nc1nnc(S(=O)(=O)N2CCN(Cc3cc(C)on3)CC2)s1. The molecule has 1 aliphatic rings. The minimum atomic E-state index is -3.70. The third-order valence-corrected chi connectivity index (χ3v) is 6.73. The van der Waals surface area contributed by atoms with E-state index in [9.17, 15) is 13.2 Å². The third kappa shape index (κ3) is 4.21. The van der Waals surface area contributed by atoms with E-state index in [0.717, 1.165) is 22.8 Å². The number of piperazine rings is 1. The van der Waals surface area contributed by atoms with Crippen molar-refractivity contribution in [3.8, 4) is 0 Å². The second kappa shape index (κ2) is 7.15. The number of sulfonamides is 1. The summed E-state index contributed by atoms with van der Waals surface area (Å²) in [4.78, 5) is 13.1. The number of aromatic nitrogens is 3. The average Bonchev–Trinajstić information content (AvgIpc) is 3.17. The number of nitrogens with zero attached hydrogens (tertiary/aromatic N) is 5. The Labute approximate surface area is 148 Å². The molecule has 1 saturated heterocycles. The molecule has 1 amide bonds. The molecule has 0 bridgehead atoms. The van der Waals surface area contributed by atoms with Gasteiger partial charge in [0, 0.05) is 45.7 Å². The van der Waals surface area contributed by atoms with E-state index in [1.165, 1.54) is 11.2 Å². The van der Waals surface area contributed by atoms with E-state index < -0.39 is 10.0 Å². The molecule has 12 heteroatoms. The molecule has 0 spiro atoms. The van der Waals surface area contributed by atoms with Gasteiger partial charge in [-0.25, -0.2) is 8.42 Å². The van der Waals surface area contributed by atoms with Crippen molar-refractivity contribution in [2.45, 2.75) is 24.7 Å². The van der Waals surface area contributed by atoms with Crippen molar-refractivity contribution in [2.24, 2.45) is 0 Å². The van der Waals surface area contributed by atoms with Crippen LogP contribution in [0.2, 0.25) is 0 Å². The van der Waals surface area contributed by atoms with Gasteiger partial charge in [-0.1, -0.05) is 16.5 Å². The molecular formula is C13H18N6O4S2. The molecule has 1 fully saturated rings. The number of carbonyl (C=O) groups is 1. The van der Waals surface area contributed by atoms with Gasteiger partial charge in [-0.05, 0) is 6.92 Å². The van der Waals surface area contributed by atoms with Crippen LogP contribution < -0.4 is 5.32 Å². The predicted molar refractivity (Wildman–Crippen MR) is 89.5 cm³/mol. The maximum Gasteiger partial charge on any atom is 0.272 e. The van der Waals surface area contributed by atoms with Gasteiger partial charge in [-0.3, -0.25) is 9.69 Å². The fourth-order valence-electron chi connectivity index (χ4n) is 2.48. The summed E-state index contributed by atoms with van der Waals surface area (Å²) < 4.78 is 31.6. The first-order valence-corrected chi connectivity index (χ1v) is 9.86. The molecule has 2 aromatic heterocycles. The molecule has 2 aromatic rings. The quantitative estimate of drug-likeness (QED) is 0.728. The summed E-state index contributed by atoms with van der Waals surface area (Å²) >= 11 is 0.848. The molecule has 3 heterocycles. The first-order chi connectivity index (χ1) is 11.8.